The molecule has 0 amide bonds. The van der Waals surface area contributed by atoms with Crippen molar-refractivity contribution in [2.75, 3.05) is 14.2 Å². The number of methoxy groups -OCH3 is 2. The van der Waals surface area contributed by atoms with Crippen LogP contribution in [0.25, 0.3) is 0 Å². The molecule has 208 valence electrons. The smallest absolute Gasteiger partial charge is 0.330 e. The number of benzene rings is 3. The summed E-state index contributed by atoms with van der Waals surface area (Å²) >= 11 is 0. The SMILES string of the molecule is COc1ccc(C(CC2OC(n3cc(F)c(=O)[nH]c3=O)C(O)C2O)(c2ccccc2)c2ccc(OC)cc2)cc1. The predicted octanol–water partition coefficient (Wildman–Crippen LogP) is 2.74. The Morgan fingerprint density at radius 2 is 1.38 bits per heavy atom. The van der Waals surface area contributed by atoms with E-state index in [0.717, 1.165) is 21.3 Å². The van der Waals surface area contributed by atoms with E-state index in [1.165, 1.54) is 0 Å². The molecule has 1 saturated heterocycles. The summed E-state index contributed by atoms with van der Waals surface area (Å²) in [6, 6.07) is 24.7. The molecule has 4 atom stereocenters. The molecule has 3 N–H and O–H groups in total. The van der Waals surface area contributed by atoms with E-state index in [1.54, 1.807) is 14.2 Å². The zero-order valence-electron chi connectivity index (χ0n) is 21.9. The van der Waals surface area contributed by atoms with Crippen molar-refractivity contribution in [1.29, 1.82) is 0 Å². The average Bonchev–Trinajstić information content (AvgIpc) is 3.26. The minimum Gasteiger partial charge on any atom is -0.497 e. The first-order chi connectivity index (χ1) is 19.3. The van der Waals surface area contributed by atoms with Gasteiger partial charge in [0.1, 0.15) is 23.7 Å². The van der Waals surface area contributed by atoms with E-state index in [2.05, 4.69) is 0 Å². The summed E-state index contributed by atoms with van der Waals surface area (Å²) in [5, 5.41) is 22.1. The number of nitrogens with one attached hydrogen (secondary N) is 1. The molecule has 4 aromatic rings. The largest absolute Gasteiger partial charge is 0.497 e. The fraction of sp³-hybridized carbons (Fsp3) is 0.267. The molecule has 0 saturated carbocycles. The molecule has 5 rings (SSSR count). The van der Waals surface area contributed by atoms with Crippen LogP contribution >= 0.6 is 0 Å². The molecule has 0 aliphatic carbocycles. The van der Waals surface area contributed by atoms with E-state index in [9.17, 15) is 24.2 Å². The lowest BCUT2D eigenvalue weighted by Gasteiger charge is -2.38. The molecule has 0 radical (unpaired) electrons. The molecule has 0 bridgehead atoms. The normalized spacial score (nSPS) is 20.8. The maximum atomic E-state index is 14.1. The number of aromatic nitrogens is 2. The Morgan fingerprint density at radius 3 is 1.90 bits per heavy atom. The summed E-state index contributed by atoms with van der Waals surface area (Å²) in [6.45, 7) is 0. The molecular weight excluding hydrogens is 519 g/mol. The van der Waals surface area contributed by atoms with Crippen LogP contribution in [0.2, 0.25) is 0 Å². The molecule has 1 aliphatic rings. The van der Waals surface area contributed by atoms with Crippen LogP contribution in [0.4, 0.5) is 4.39 Å². The van der Waals surface area contributed by atoms with Gasteiger partial charge in [0.05, 0.1) is 26.5 Å². The molecule has 9 nitrogen and oxygen atoms in total. The zero-order valence-corrected chi connectivity index (χ0v) is 21.9. The summed E-state index contributed by atoms with van der Waals surface area (Å²) in [6.07, 6.45) is -4.66. The first kappa shape index (κ1) is 27.3. The molecule has 40 heavy (non-hydrogen) atoms. The minimum absolute atomic E-state index is 0.130. The standard InChI is InChI=1S/C30H29FN2O7/c1-38-21-12-8-19(9-13-21)30(18-6-4-3-5-7-18,20-10-14-22(39-2)15-11-20)16-24-25(34)26(35)28(40-24)33-17-23(31)27(36)32-29(33)37/h3-15,17,24-26,28,34-35H,16H2,1-2H3,(H,32,36,37). The van der Waals surface area contributed by atoms with Gasteiger partial charge < -0.3 is 24.4 Å². The lowest BCUT2D eigenvalue weighted by Crippen LogP contribution is -2.40. The van der Waals surface area contributed by atoms with Crippen molar-refractivity contribution in [1.82, 2.24) is 9.55 Å². The van der Waals surface area contributed by atoms with Crippen LogP contribution in [-0.4, -0.2) is 52.3 Å². The maximum Gasteiger partial charge on any atom is 0.330 e. The summed E-state index contributed by atoms with van der Waals surface area (Å²) in [7, 11) is 3.16. The molecule has 1 aliphatic heterocycles. The summed E-state index contributed by atoms with van der Waals surface area (Å²) in [5.74, 6) is 0.101. The van der Waals surface area contributed by atoms with Crippen LogP contribution in [0.1, 0.15) is 29.3 Å². The maximum absolute atomic E-state index is 14.1. The monoisotopic (exact) mass is 548 g/mol. The summed E-state index contributed by atoms with van der Waals surface area (Å²) < 4.78 is 31.7. The van der Waals surface area contributed by atoms with Crippen molar-refractivity contribution < 1.29 is 28.8 Å². The van der Waals surface area contributed by atoms with Gasteiger partial charge in [-0.1, -0.05) is 54.6 Å². The second-order valence-electron chi connectivity index (χ2n) is 9.62. The predicted molar refractivity (Wildman–Crippen MR) is 144 cm³/mol. The van der Waals surface area contributed by atoms with Crippen molar-refractivity contribution in [3.05, 3.63) is 128 Å². The third-order valence-corrected chi connectivity index (χ3v) is 7.48. The van der Waals surface area contributed by atoms with Gasteiger partial charge in [0.2, 0.25) is 5.82 Å². The third kappa shape index (κ3) is 4.81. The average molecular weight is 549 g/mol. The van der Waals surface area contributed by atoms with Gasteiger partial charge in [-0.2, -0.15) is 4.39 Å². The Morgan fingerprint density at radius 1 is 0.850 bits per heavy atom. The van der Waals surface area contributed by atoms with Crippen LogP contribution in [0.15, 0.2) is 94.6 Å². The van der Waals surface area contributed by atoms with Crippen LogP contribution in [0.5, 0.6) is 11.5 Å². The van der Waals surface area contributed by atoms with E-state index in [0.29, 0.717) is 17.7 Å². The first-order valence-corrected chi connectivity index (χ1v) is 12.7. The van der Waals surface area contributed by atoms with Crippen LogP contribution in [0.3, 0.4) is 0 Å². The van der Waals surface area contributed by atoms with Gasteiger partial charge in [0.15, 0.2) is 6.23 Å². The van der Waals surface area contributed by atoms with E-state index in [1.807, 2.05) is 83.8 Å². The van der Waals surface area contributed by atoms with E-state index >= 15 is 0 Å². The molecule has 4 unspecified atom stereocenters. The van der Waals surface area contributed by atoms with E-state index in [-0.39, 0.29) is 6.42 Å². The van der Waals surface area contributed by atoms with Crippen LogP contribution in [-0.2, 0) is 10.2 Å². The second-order valence-corrected chi connectivity index (χ2v) is 9.62. The number of halogens is 1. The van der Waals surface area contributed by atoms with Gasteiger partial charge in [-0.15, -0.1) is 0 Å². The Kier molecular flexibility index (Phi) is 7.57. The van der Waals surface area contributed by atoms with Gasteiger partial charge in [0, 0.05) is 5.41 Å². The summed E-state index contributed by atoms with van der Waals surface area (Å²) in [5.41, 5.74) is -0.486. The first-order valence-electron chi connectivity index (χ1n) is 12.7. The molecule has 3 aromatic carbocycles. The number of aliphatic hydroxyl groups excluding tert-OH is 2. The molecule has 1 aromatic heterocycles. The lowest BCUT2D eigenvalue weighted by atomic mass is 9.66. The van der Waals surface area contributed by atoms with Crippen molar-refractivity contribution in [2.45, 2.75) is 36.4 Å². The Bertz CT molecular complexity index is 1520. The Balaban J connectivity index is 1.66. The highest BCUT2D eigenvalue weighted by molar-refractivity contribution is 5.52. The van der Waals surface area contributed by atoms with Gasteiger partial charge in [0.25, 0.3) is 5.56 Å². The number of aliphatic hydroxyl groups is 2. The number of ether oxygens (including phenoxy) is 3. The molecule has 10 heteroatoms. The summed E-state index contributed by atoms with van der Waals surface area (Å²) in [4.78, 5) is 25.9. The Labute approximate surface area is 229 Å². The third-order valence-electron chi connectivity index (χ3n) is 7.48. The fourth-order valence-electron chi connectivity index (χ4n) is 5.41. The number of hydrogen-bond acceptors (Lipinski definition) is 7. The highest BCUT2D eigenvalue weighted by Crippen LogP contribution is 2.47. The highest BCUT2D eigenvalue weighted by Gasteiger charge is 2.49. The number of H-pyrrole nitrogens is 1. The van der Waals surface area contributed by atoms with Gasteiger partial charge >= 0.3 is 5.69 Å². The zero-order chi connectivity index (χ0) is 28.4. The van der Waals surface area contributed by atoms with E-state index in [4.69, 9.17) is 14.2 Å². The Hall–Kier alpha value is -4.25. The minimum atomic E-state index is -1.58. The fourth-order valence-corrected chi connectivity index (χ4v) is 5.41. The number of aromatic amines is 1. The second kappa shape index (κ2) is 11.1. The van der Waals surface area contributed by atoms with Gasteiger partial charge in [-0.05, 0) is 47.4 Å². The van der Waals surface area contributed by atoms with E-state index < -0.39 is 47.0 Å². The topological polar surface area (TPSA) is 123 Å². The van der Waals surface area contributed by atoms with Crippen molar-refractivity contribution in [3.8, 4) is 11.5 Å². The van der Waals surface area contributed by atoms with Crippen molar-refractivity contribution in [3.63, 3.8) is 0 Å². The lowest BCUT2D eigenvalue weighted by molar-refractivity contribution is -0.0455. The molecule has 1 fully saturated rings. The number of hydrogen-bond donors (Lipinski definition) is 3. The van der Waals surface area contributed by atoms with Crippen LogP contribution in [0, 0.1) is 5.82 Å². The quantitative estimate of drug-likeness (QED) is 0.290. The van der Waals surface area contributed by atoms with Crippen molar-refractivity contribution >= 4 is 0 Å². The molecular formula is C30H29FN2O7. The van der Waals surface area contributed by atoms with Crippen molar-refractivity contribution in [2.24, 2.45) is 0 Å². The molecule has 0 spiro atoms. The molecule has 2 heterocycles. The highest BCUT2D eigenvalue weighted by atomic mass is 19.1. The van der Waals surface area contributed by atoms with Crippen LogP contribution < -0.4 is 20.7 Å². The number of rotatable bonds is 8. The van der Waals surface area contributed by atoms with Gasteiger partial charge in [-0.3, -0.25) is 14.3 Å². The van der Waals surface area contributed by atoms with Gasteiger partial charge in [-0.25, -0.2) is 4.79 Å². The number of nitrogens with zero attached hydrogens (tertiary/aromatic N) is 1.